The number of nitrogens with one attached hydrogen (secondary N) is 1. The summed E-state index contributed by atoms with van der Waals surface area (Å²) in [5.41, 5.74) is 2.22. The number of oxime groups is 1. The van der Waals surface area contributed by atoms with Gasteiger partial charge in [0.15, 0.2) is 0 Å². The number of hydrogen-bond acceptors (Lipinski definition) is 4. The largest absolute Gasteiger partial charge is 0.489 e. The second-order valence-electron chi connectivity index (χ2n) is 9.15. The van der Waals surface area contributed by atoms with E-state index in [9.17, 15) is 4.79 Å². The third-order valence-electron chi connectivity index (χ3n) is 6.42. The lowest BCUT2D eigenvalue weighted by Crippen LogP contribution is -2.24. The summed E-state index contributed by atoms with van der Waals surface area (Å²) >= 11 is 19.0. The number of ether oxygens (including phenoxy) is 1. The molecule has 2 aromatic carbocycles. The normalized spacial score (nSPS) is 20.6. The minimum Gasteiger partial charge on any atom is -0.489 e. The first kappa shape index (κ1) is 26.6. The molecule has 36 heavy (non-hydrogen) atoms. The maximum atomic E-state index is 10.6. The van der Waals surface area contributed by atoms with Crippen LogP contribution in [0.25, 0.3) is 6.08 Å². The van der Waals surface area contributed by atoms with Gasteiger partial charge in [0.2, 0.25) is 6.41 Å². The summed E-state index contributed by atoms with van der Waals surface area (Å²) in [5, 5.41) is 8.83. The van der Waals surface area contributed by atoms with Crippen molar-refractivity contribution in [3.05, 3.63) is 80.5 Å². The standard InChI is InChI=1S/C28H29Cl3N2O3/c1-18(28-24(29)3-2-4-25(28)30)33-36-27(21-8-9-21)13-14-35-23-12-10-20(26(31)16-23)7-5-19-6-11-22(15-19)32-17-34/h2-5,7,10,12-13,16-17,19,21-22H,6,8-9,11,14-15H2,1H3,(H,32,34)/b7-5+,27-13+,33-18+. The van der Waals surface area contributed by atoms with Crippen molar-refractivity contribution in [2.24, 2.45) is 17.0 Å². The molecule has 0 aromatic heterocycles. The molecule has 5 nitrogen and oxygen atoms in total. The van der Waals surface area contributed by atoms with Crippen molar-refractivity contribution in [1.82, 2.24) is 5.32 Å². The van der Waals surface area contributed by atoms with Crippen LogP contribution in [0, 0.1) is 11.8 Å². The number of benzene rings is 2. The van der Waals surface area contributed by atoms with Crippen LogP contribution in [0.15, 0.2) is 59.5 Å². The third-order valence-corrected chi connectivity index (χ3v) is 7.38. The van der Waals surface area contributed by atoms with E-state index in [1.165, 1.54) is 0 Å². The zero-order valence-electron chi connectivity index (χ0n) is 20.1. The van der Waals surface area contributed by atoms with E-state index in [1.54, 1.807) is 18.2 Å². The molecule has 0 heterocycles. The van der Waals surface area contributed by atoms with Gasteiger partial charge in [0, 0.05) is 17.5 Å². The van der Waals surface area contributed by atoms with Crippen molar-refractivity contribution < 1.29 is 14.4 Å². The van der Waals surface area contributed by atoms with Crippen molar-refractivity contribution in [3.8, 4) is 5.75 Å². The van der Waals surface area contributed by atoms with Crippen molar-refractivity contribution in [3.63, 3.8) is 0 Å². The molecule has 0 bridgehead atoms. The van der Waals surface area contributed by atoms with Crippen molar-refractivity contribution in [2.45, 2.75) is 45.1 Å². The van der Waals surface area contributed by atoms with Gasteiger partial charge in [-0.05, 0) is 86.9 Å². The molecular weight excluding hydrogens is 519 g/mol. The average molecular weight is 548 g/mol. The summed E-state index contributed by atoms with van der Waals surface area (Å²) in [6.07, 6.45) is 12.1. The molecule has 2 fully saturated rings. The number of rotatable bonds is 11. The molecule has 2 aromatic rings. The Kier molecular flexibility index (Phi) is 9.35. The van der Waals surface area contributed by atoms with Crippen LogP contribution >= 0.6 is 34.8 Å². The van der Waals surface area contributed by atoms with Crippen molar-refractivity contribution in [2.75, 3.05) is 6.61 Å². The molecule has 2 aliphatic rings. The summed E-state index contributed by atoms with van der Waals surface area (Å²) in [5.74, 6) is 2.25. The highest BCUT2D eigenvalue weighted by molar-refractivity contribution is 6.40. The minimum absolute atomic E-state index is 0.268. The van der Waals surface area contributed by atoms with Crippen LogP contribution in [0.1, 0.15) is 50.2 Å². The molecule has 1 amide bonds. The van der Waals surface area contributed by atoms with Gasteiger partial charge in [0.1, 0.15) is 18.1 Å². The molecule has 2 atom stereocenters. The maximum Gasteiger partial charge on any atom is 0.207 e. The van der Waals surface area contributed by atoms with E-state index in [1.807, 2.05) is 37.3 Å². The molecule has 190 valence electrons. The van der Waals surface area contributed by atoms with Gasteiger partial charge in [-0.3, -0.25) is 4.79 Å². The Hall–Kier alpha value is -2.47. The minimum atomic E-state index is 0.268. The first-order chi connectivity index (χ1) is 17.4. The van der Waals surface area contributed by atoms with Crippen LogP contribution < -0.4 is 10.1 Å². The molecule has 0 spiro atoms. The number of carbonyl (C=O) groups is 1. The predicted molar refractivity (Wildman–Crippen MR) is 147 cm³/mol. The first-order valence-electron chi connectivity index (χ1n) is 12.1. The number of allylic oxidation sites excluding steroid dienone is 2. The van der Waals surface area contributed by atoms with E-state index in [4.69, 9.17) is 44.4 Å². The molecule has 1 N–H and O–H groups in total. The first-order valence-corrected chi connectivity index (χ1v) is 13.2. The summed E-state index contributed by atoms with van der Waals surface area (Å²) in [4.78, 5) is 16.4. The second kappa shape index (κ2) is 12.7. The van der Waals surface area contributed by atoms with Crippen molar-refractivity contribution >= 4 is 53.0 Å². The predicted octanol–water partition coefficient (Wildman–Crippen LogP) is 7.69. The molecule has 2 saturated carbocycles. The average Bonchev–Trinajstić information content (AvgIpc) is 3.60. The molecule has 2 aliphatic carbocycles. The van der Waals surface area contributed by atoms with E-state index >= 15 is 0 Å². The van der Waals surface area contributed by atoms with Crippen LogP contribution in [0.5, 0.6) is 5.75 Å². The molecule has 0 aliphatic heterocycles. The lowest BCUT2D eigenvalue weighted by Gasteiger charge is -2.09. The van der Waals surface area contributed by atoms with Crippen LogP contribution in [0.3, 0.4) is 0 Å². The third kappa shape index (κ3) is 7.28. The molecule has 4 rings (SSSR count). The number of halogens is 3. The molecule has 2 unspecified atom stereocenters. The van der Waals surface area contributed by atoms with Gasteiger partial charge in [0.25, 0.3) is 0 Å². The highest BCUT2D eigenvalue weighted by Crippen LogP contribution is 2.37. The van der Waals surface area contributed by atoms with Gasteiger partial charge in [-0.25, -0.2) is 0 Å². The quantitative estimate of drug-likeness (QED) is 0.136. The molecule has 0 radical (unpaired) electrons. The van der Waals surface area contributed by atoms with Gasteiger partial charge in [-0.2, -0.15) is 0 Å². The van der Waals surface area contributed by atoms with E-state index in [0.717, 1.165) is 49.8 Å². The van der Waals surface area contributed by atoms with E-state index < -0.39 is 0 Å². The van der Waals surface area contributed by atoms with Gasteiger partial charge < -0.3 is 14.9 Å². The Balaban J connectivity index is 1.33. The molecular formula is C28H29Cl3N2O3. The number of nitrogens with zero attached hydrogens (tertiary/aromatic N) is 1. The van der Waals surface area contributed by atoms with Crippen LogP contribution in [0.4, 0.5) is 0 Å². The second-order valence-corrected chi connectivity index (χ2v) is 10.4. The lowest BCUT2D eigenvalue weighted by molar-refractivity contribution is -0.110. The number of hydrogen-bond donors (Lipinski definition) is 1. The Morgan fingerprint density at radius 3 is 2.56 bits per heavy atom. The lowest BCUT2D eigenvalue weighted by atomic mass is 10.1. The van der Waals surface area contributed by atoms with Gasteiger partial charge >= 0.3 is 0 Å². The Bertz CT molecular complexity index is 1150. The fraction of sp³-hybridized carbons (Fsp3) is 0.357. The summed E-state index contributed by atoms with van der Waals surface area (Å²) in [7, 11) is 0. The molecule has 0 saturated heterocycles. The topological polar surface area (TPSA) is 59.9 Å². The fourth-order valence-electron chi connectivity index (χ4n) is 4.29. The smallest absolute Gasteiger partial charge is 0.207 e. The van der Waals surface area contributed by atoms with Crippen molar-refractivity contribution in [1.29, 1.82) is 0 Å². The Labute approximate surface area is 227 Å². The summed E-state index contributed by atoms with van der Waals surface area (Å²) in [6, 6.07) is 11.3. The zero-order chi connectivity index (χ0) is 25.5. The van der Waals surface area contributed by atoms with Crippen LogP contribution in [-0.4, -0.2) is 24.8 Å². The fourth-order valence-corrected chi connectivity index (χ4v) is 5.19. The maximum absolute atomic E-state index is 10.6. The SMILES string of the molecule is C/C(=N\O/C(=C/COc1ccc(/C=C/C2CCC(NC=O)C2)c(Cl)c1)C1CC1)c1c(Cl)cccc1Cl. The Morgan fingerprint density at radius 1 is 1.08 bits per heavy atom. The van der Waals surface area contributed by atoms with Gasteiger partial charge in [0.05, 0.1) is 20.8 Å². The summed E-state index contributed by atoms with van der Waals surface area (Å²) in [6.45, 7) is 2.16. The number of amides is 1. The summed E-state index contributed by atoms with van der Waals surface area (Å²) < 4.78 is 5.90. The van der Waals surface area contributed by atoms with Crippen LogP contribution in [-0.2, 0) is 9.63 Å². The Morgan fingerprint density at radius 2 is 1.86 bits per heavy atom. The number of carbonyl (C=O) groups excluding carboxylic acids is 1. The van der Waals surface area contributed by atoms with Gasteiger partial charge in [-0.1, -0.05) is 58.2 Å². The highest BCUT2D eigenvalue weighted by Gasteiger charge is 2.28. The van der Waals surface area contributed by atoms with E-state index in [-0.39, 0.29) is 6.04 Å². The van der Waals surface area contributed by atoms with Gasteiger partial charge in [-0.15, -0.1) is 0 Å². The zero-order valence-corrected chi connectivity index (χ0v) is 22.3. The molecule has 8 heteroatoms. The van der Waals surface area contributed by atoms with E-state index in [2.05, 4.69) is 16.5 Å². The van der Waals surface area contributed by atoms with E-state index in [0.29, 0.717) is 50.5 Å². The highest BCUT2D eigenvalue weighted by atomic mass is 35.5. The monoisotopic (exact) mass is 546 g/mol. The van der Waals surface area contributed by atoms with Crippen LogP contribution in [0.2, 0.25) is 15.1 Å².